The number of nitrogens with zero attached hydrogens (tertiary/aromatic N) is 5. The van der Waals surface area contributed by atoms with Crippen molar-refractivity contribution in [3.8, 4) is 22.5 Å². The molecular formula is C25H21F5N6O4S. The highest BCUT2D eigenvalue weighted by molar-refractivity contribution is 7.93. The van der Waals surface area contributed by atoms with Gasteiger partial charge in [0.1, 0.15) is 40.4 Å². The second-order valence-corrected chi connectivity index (χ2v) is 10.4. The van der Waals surface area contributed by atoms with Gasteiger partial charge in [0.25, 0.3) is 10.0 Å². The zero-order chi connectivity index (χ0) is 30.1. The number of aryl methyl sites for hydroxylation is 1. The molecule has 0 aliphatic carbocycles. The summed E-state index contributed by atoms with van der Waals surface area (Å²) < 4.78 is 106. The first-order valence-corrected chi connectivity index (χ1v) is 13.2. The summed E-state index contributed by atoms with van der Waals surface area (Å²) in [6.07, 6.45) is -0.147. The molecule has 4 rings (SSSR count). The van der Waals surface area contributed by atoms with Crippen molar-refractivity contribution in [2.24, 2.45) is 0 Å². The smallest absolute Gasteiger partial charge is 0.429 e. The van der Waals surface area contributed by atoms with Gasteiger partial charge in [-0.25, -0.2) is 45.1 Å². The van der Waals surface area contributed by atoms with Gasteiger partial charge < -0.3 is 10.5 Å². The number of anilines is 2. The van der Waals surface area contributed by atoms with Gasteiger partial charge in [-0.15, -0.1) is 0 Å². The average Bonchev–Trinajstić information content (AvgIpc) is 3.30. The molecule has 2 heterocycles. The number of halogens is 5. The number of ether oxygens (including phenoxy) is 1. The van der Waals surface area contributed by atoms with E-state index in [0.29, 0.717) is 30.3 Å². The summed E-state index contributed by atoms with van der Waals surface area (Å²) in [5.41, 5.74) is 3.13. The number of hydrogen-bond acceptors (Lipinski definition) is 8. The SMILES string of the molecule is CC(C)OC(=O)N(c1ccc(F)c(-c2nn(CCF)cc2-c2ccnc(N)n2)c1F)S(=O)(=O)c1cc(F)ccc1F. The largest absolute Gasteiger partial charge is 0.446 e. The van der Waals surface area contributed by atoms with Crippen molar-refractivity contribution >= 4 is 27.8 Å². The molecule has 2 aromatic heterocycles. The minimum atomic E-state index is -5.39. The molecule has 41 heavy (non-hydrogen) atoms. The molecule has 216 valence electrons. The molecule has 2 N–H and O–H groups in total. The molecule has 0 bridgehead atoms. The summed E-state index contributed by atoms with van der Waals surface area (Å²) >= 11 is 0. The molecule has 0 atom stereocenters. The number of rotatable bonds is 8. The third-order valence-electron chi connectivity index (χ3n) is 5.47. The summed E-state index contributed by atoms with van der Waals surface area (Å²) in [7, 11) is -5.39. The van der Waals surface area contributed by atoms with E-state index in [9.17, 15) is 26.4 Å². The molecule has 0 saturated carbocycles. The first-order valence-electron chi connectivity index (χ1n) is 11.8. The summed E-state index contributed by atoms with van der Waals surface area (Å²) in [5.74, 6) is -5.72. The minimum absolute atomic E-state index is 0.0346. The third-order valence-corrected chi connectivity index (χ3v) is 7.16. The minimum Gasteiger partial charge on any atom is -0.446 e. The van der Waals surface area contributed by atoms with E-state index in [1.807, 2.05) is 0 Å². The van der Waals surface area contributed by atoms with Crippen molar-refractivity contribution < 1.29 is 39.9 Å². The number of nitrogens with two attached hydrogens (primary N) is 1. The van der Waals surface area contributed by atoms with Crippen LogP contribution in [0.4, 0.5) is 38.4 Å². The highest BCUT2D eigenvalue weighted by Gasteiger charge is 2.38. The summed E-state index contributed by atoms with van der Waals surface area (Å²) in [4.78, 5) is 19.5. The molecule has 1 amide bonds. The molecule has 4 aromatic rings. The van der Waals surface area contributed by atoms with Crippen LogP contribution in [-0.4, -0.2) is 47.0 Å². The quantitative estimate of drug-likeness (QED) is 0.285. The highest BCUT2D eigenvalue weighted by atomic mass is 32.2. The Balaban J connectivity index is 2.00. The number of benzene rings is 2. The second kappa shape index (κ2) is 11.5. The molecule has 2 aromatic carbocycles. The molecule has 16 heteroatoms. The van der Waals surface area contributed by atoms with Crippen LogP contribution >= 0.6 is 0 Å². The predicted molar refractivity (Wildman–Crippen MR) is 137 cm³/mol. The van der Waals surface area contributed by atoms with Crippen LogP contribution in [0.1, 0.15) is 13.8 Å². The van der Waals surface area contributed by atoms with Gasteiger partial charge in [-0.05, 0) is 50.2 Å². The van der Waals surface area contributed by atoms with Gasteiger partial charge in [-0.2, -0.15) is 9.40 Å². The van der Waals surface area contributed by atoms with Gasteiger partial charge in [-0.1, -0.05) is 0 Å². The van der Waals surface area contributed by atoms with Crippen molar-refractivity contribution in [1.29, 1.82) is 0 Å². The van der Waals surface area contributed by atoms with Crippen LogP contribution in [0, 0.1) is 23.3 Å². The number of carbonyl (C=O) groups excluding carboxylic acids is 1. The zero-order valence-corrected chi connectivity index (χ0v) is 22.2. The summed E-state index contributed by atoms with van der Waals surface area (Å²) in [5, 5.41) is 4.04. The van der Waals surface area contributed by atoms with E-state index in [-0.39, 0.29) is 28.1 Å². The Morgan fingerprint density at radius 2 is 1.80 bits per heavy atom. The van der Waals surface area contributed by atoms with E-state index < -0.39 is 74.0 Å². The Bertz CT molecular complexity index is 1730. The van der Waals surface area contributed by atoms with Crippen molar-refractivity contribution in [2.45, 2.75) is 31.4 Å². The zero-order valence-electron chi connectivity index (χ0n) is 21.4. The highest BCUT2D eigenvalue weighted by Crippen LogP contribution is 2.39. The maximum Gasteiger partial charge on any atom is 0.429 e. The van der Waals surface area contributed by atoms with E-state index >= 15 is 8.78 Å². The molecule has 0 aliphatic rings. The maximum absolute atomic E-state index is 16.3. The van der Waals surface area contributed by atoms with E-state index in [1.165, 1.54) is 32.3 Å². The Morgan fingerprint density at radius 3 is 2.46 bits per heavy atom. The lowest BCUT2D eigenvalue weighted by atomic mass is 10.0. The van der Waals surface area contributed by atoms with Crippen LogP contribution in [0.2, 0.25) is 0 Å². The first-order chi connectivity index (χ1) is 19.3. The van der Waals surface area contributed by atoms with Crippen molar-refractivity contribution in [3.05, 3.63) is 72.1 Å². The van der Waals surface area contributed by atoms with Crippen LogP contribution in [0.5, 0.6) is 0 Å². The molecular weight excluding hydrogens is 575 g/mol. The molecule has 10 nitrogen and oxygen atoms in total. The number of hydrogen-bond donors (Lipinski definition) is 1. The molecule has 0 unspecified atom stereocenters. The number of alkyl halides is 1. The fourth-order valence-corrected chi connectivity index (χ4v) is 5.19. The van der Waals surface area contributed by atoms with Gasteiger partial charge in [0, 0.05) is 18.0 Å². The van der Waals surface area contributed by atoms with E-state index in [0.717, 1.165) is 4.68 Å². The fourth-order valence-electron chi connectivity index (χ4n) is 3.78. The van der Waals surface area contributed by atoms with Gasteiger partial charge >= 0.3 is 6.09 Å². The van der Waals surface area contributed by atoms with Gasteiger partial charge in [0.15, 0.2) is 5.82 Å². The van der Waals surface area contributed by atoms with Gasteiger partial charge in [-0.3, -0.25) is 4.68 Å². The Kier molecular flexibility index (Phi) is 8.23. The van der Waals surface area contributed by atoms with Gasteiger partial charge in [0.2, 0.25) is 5.95 Å². The predicted octanol–water partition coefficient (Wildman–Crippen LogP) is 4.86. The third kappa shape index (κ3) is 5.82. The standard InChI is InChI=1S/C25H21F5N6O4S/c1-13(2)40-25(37)36(41(38,39)20-11-14(27)3-4-16(20)28)19-6-5-17(29)21(22(19)30)23-15(12-35(34-23)10-8-26)18-7-9-32-24(31)33-18/h3-7,9,11-13H,8,10H2,1-2H3,(H2,31,32,33). The topological polar surface area (TPSA) is 133 Å². The second-order valence-electron chi connectivity index (χ2n) is 8.68. The average molecular weight is 597 g/mol. The Labute approximate surface area is 230 Å². The van der Waals surface area contributed by atoms with Crippen LogP contribution in [0.25, 0.3) is 22.5 Å². The monoisotopic (exact) mass is 596 g/mol. The van der Waals surface area contributed by atoms with E-state index in [4.69, 9.17) is 10.5 Å². The lowest BCUT2D eigenvalue weighted by molar-refractivity contribution is 0.126. The Morgan fingerprint density at radius 1 is 1.10 bits per heavy atom. The van der Waals surface area contributed by atoms with E-state index in [1.54, 1.807) is 0 Å². The van der Waals surface area contributed by atoms with Crippen LogP contribution in [0.15, 0.2) is 53.7 Å². The molecule has 0 saturated heterocycles. The number of carbonyl (C=O) groups is 1. The Hall–Kier alpha value is -4.60. The molecule has 0 fully saturated rings. The number of amides is 1. The first kappa shape index (κ1) is 29.4. The lowest BCUT2D eigenvalue weighted by Crippen LogP contribution is -2.39. The van der Waals surface area contributed by atoms with Crippen molar-refractivity contribution in [3.63, 3.8) is 0 Å². The van der Waals surface area contributed by atoms with Gasteiger partial charge in [0.05, 0.1) is 23.9 Å². The van der Waals surface area contributed by atoms with E-state index in [2.05, 4.69) is 15.1 Å². The number of nitrogen functional groups attached to an aromatic ring is 1. The van der Waals surface area contributed by atoms with Crippen LogP contribution in [-0.2, 0) is 21.3 Å². The molecule has 0 aliphatic heterocycles. The van der Waals surface area contributed by atoms with Crippen LogP contribution < -0.4 is 10.0 Å². The number of aromatic nitrogens is 4. The molecule has 0 radical (unpaired) electrons. The normalized spacial score (nSPS) is 11.6. The number of sulfonamides is 1. The molecule has 0 spiro atoms. The van der Waals surface area contributed by atoms with Crippen molar-refractivity contribution in [1.82, 2.24) is 19.7 Å². The summed E-state index contributed by atoms with van der Waals surface area (Å²) in [6, 6.07) is 3.99. The maximum atomic E-state index is 16.3. The summed E-state index contributed by atoms with van der Waals surface area (Å²) in [6.45, 7) is 1.49. The van der Waals surface area contributed by atoms with Crippen molar-refractivity contribution in [2.75, 3.05) is 16.7 Å². The van der Waals surface area contributed by atoms with Crippen LogP contribution in [0.3, 0.4) is 0 Å². The fraction of sp³-hybridized carbons (Fsp3) is 0.200. The lowest BCUT2D eigenvalue weighted by Gasteiger charge is -2.24.